The summed E-state index contributed by atoms with van der Waals surface area (Å²) in [4.78, 5) is 40.1. The van der Waals surface area contributed by atoms with Gasteiger partial charge in [0, 0.05) is 38.3 Å². The van der Waals surface area contributed by atoms with Gasteiger partial charge in [0.2, 0.25) is 11.8 Å². The zero-order chi connectivity index (χ0) is 25.3. The number of benzene rings is 1. The summed E-state index contributed by atoms with van der Waals surface area (Å²) in [6.07, 6.45) is -1.57. The Balaban J connectivity index is 1.68. The monoisotopic (exact) mass is 669 g/mol. The first-order valence-corrected chi connectivity index (χ1v) is 13.0. The van der Waals surface area contributed by atoms with E-state index in [0.717, 1.165) is 5.69 Å². The summed E-state index contributed by atoms with van der Waals surface area (Å²) in [5.74, 6) is -2.21. The van der Waals surface area contributed by atoms with Crippen molar-refractivity contribution in [2.75, 3.05) is 42.5 Å². The lowest BCUT2D eigenvalue weighted by Gasteiger charge is -2.49. The third-order valence-corrected chi connectivity index (χ3v) is 6.93. The number of nitrogens with zero attached hydrogens (tertiary/aromatic N) is 3. The Morgan fingerprint density at radius 3 is 2.32 bits per heavy atom. The predicted octanol–water partition coefficient (Wildman–Crippen LogP) is 3.26. The molecule has 9 nitrogen and oxygen atoms in total. The molecule has 2 aliphatic rings. The molecule has 0 saturated carbocycles. The third kappa shape index (κ3) is 6.61. The van der Waals surface area contributed by atoms with Crippen LogP contribution in [0.25, 0.3) is 0 Å². The number of hydrogen-bond donors (Lipinski definition) is 2. The molecule has 0 radical (unpaired) electrons. The summed E-state index contributed by atoms with van der Waals surface area (Å²) < 4.78 is 20.2. The quantitative estimate of drug-likeness (QED) is 0.357. The van der Waals surface area contributed by atoms with Crippen molar-refractivity contribution >= 4 is 77.1 Å². The number of anilines is 2. The zero-order valence-corrected chi connectivity index (χ0v) is 23.7. The standard InChI is InChI=1S/C21H27Br3FN5O4/c1-13(31)26-10-17-11-29(19(33)34-17)16-6-4-15(5-7-16)28-8-9-30(20(3,25)12-28)18(21(22,23)24)27-14(2)32/h4-7,17-18H,8-12H2,1-3H3,(H,26,31)(H,27,32)/t17?,18?,20-/m1/s1. The minimum absolute atomic E-state index is 0.0794. The van der Waals surface area contributed by atoms with E-state index in [9.17, 15) is 14.4 Å². The van der Waals surface area contributed by atoms with E-state index in [1.54, 1.807) is 17.0 Å². The lowest BCUT2D eigenvalue weighted by atomic mass is 10.1. The van der Waals surface area contributed by atoms with Gasteiger partial charge in [-0.3, -0.25) is 14.5 Å². The Bertz CT molecular complexity index is 928. The van der Waals surface area contributed by atoms with Crippen LogP contribution in [-0.2, 0) is 14.3 Å². The highest BCUT2D eigenvalue weighted by atomic mass is 80.0. The normalized spacial score (nSPS) is 24.6. The first-order valence-electron chi connectivity index (χ1n) is 10.6. The molecular formula is C21H27Br3FN5O4. The van der Waals surface area contributed by atoms with Gasteiger partial charge in [0.15, 0.2) is 7.94 Å². The molecule has 34 heavy (non-hydrogen) atoms. The molecular weight excluding hydrogens is 645 g/mol. The number of halogens is 4. The molecule has 0 aliphatic carbocycles. The molecule has 0 spiro atoms. The van der Waals surface area contributed by atoms with Gasteiger partial charge in [0.1, 0.15) is 12.3 Å². The first kappa shape index (κ1) is 27.2. The third-order valence-electron chi connectivity index (χ3n) is 5.63. The molecule has 0 bridgehead atoms. The van der Waals surface area contributed by atoms with Gasteiger partial charge < -0.3 is 20.3 Å². The minimum Gasteiger partial charge on any atom is -0.442 e. The van der Waals surface area contributed by atoms with Crippen LogP contribution in [0.5, 0.6) is 0 Å². The topological polar surface area (TPSA) is 94.2 Å². The van der Waals surface area contributed by atoms with E-state index in [1.165, 1.54) is 25.7 Å². The fourth-order valence-corrected chi connectivity index (χ4v) is 5.15. The fourth-order valence-electron chi connectivity index (χ4n) is 4.07. The number of cyclic esters (lactones) is 1. The summed E-state index contributed by atoms with van der Waals surface area (Å²) >= 11 is 10.3. The van der Waals surface area contributed by atoms with E-state index in [-0.39, 0.29) is 24.9 Å². The van der Waals surface area contributed by atoms with Gasteiger partial charge in [0.25, 0.3) is 0 Å². The van der Waals surface area contributed by atoms with Gasteiger partial charge in [-0.15, -0.1) is 0 Å². The Hall–Kier alpha value is -1.44. The van der Waals surface area contributed by atoms with E-state index in [1.807, 2.05) is 17.0 Å². The fraction of sp³-hybridized carbons (Fsp3) is 0.571. The Morgan fingerprint density at radius 2 is 1.79 bits per heavy atom. The van der Waals surface area contributed by atoms with Gasteiger partial charge >= 0.3 is 6.09 Å². The summed E-state index contributed by atoms with van der Waals surface area (Å²) in [5.41, 5.74) is 1.47. The SMILES string of the molecule is CC(=O)NCC1CN(c2ccc(N3CCN(C(NC(C)=O)C(Br)(Br)Br)[C@@](C)(F)C3)cc2)C(=O)O1. The molecule has 13 heteroatoms. The molecule has 2 aliphatic heterocycles. The van der Waals surface area contributed by atoms with Crippen molar-refractivity contribution in [3.63, 3.8) is 0 Å². The van der Waals surface area contributed by atoms with Gasteiger partial charge in [-0.25, -0.2) is 14.1 Å². The Morgan fingerprint density at radius 1 is 1.18 bits per heavy atom. The molecule has 2 saturated heterocycles. The Labute approximate surface area is 223 Å². The molecule has 3 atom stereocenters. The second kappa shape index (κ2) is 10.7. The van der Waals surface area contributed by atoms with Crippen molar-refractivity contribution < 1.29 is 23.5 Å². The van der Waals surface area contributed by atoms with E-state index in [0.29, 0.717) is 25.3 Å². The minimum atomic E-state index is -1.75. The predicted molar refractivity (Wildman–Crippen MR) is 138 cm³/mol. The smallest absolute Gasteiger partial charge is 0.414 e. The second-order valence-corrected chi connectivity index (χ2v) is 15.4. The molecule has 2 fully saturated rings. The van der Waals surface area contributed by atoms with Gasteiger partial charge in [-0.1, -0.05) is 47.8 Å². The van der Waals surface area contributed by atoms with Crippen molar-refractivity contribution in [2.45, 2.75) is 41.0 Å². The number of hydrogen-bond acceptors (Lipinski definition) is 6. The molecule has 1 aromatic rings. The van der Waals surface area contributed by atoms with Crippen LogP contribution in [0.2, 0.25) is 0 Å². The van der Waals surface area contributed by atoms with E-state index in [2.05, 4.69) is 58.4 Å². The van der Waals surface area contributed by atoms with Gasteiger partial charge in [-0.05, 0) is 31.2 Å². The lowest BCUT2D eigenvalue weighted by molar-refractivity contribution is -0.124. The average molecular weight is 672 g/mol. The molecule has 1 aromatic carbocycles. The second-order valence-electron chi connectivity index (χ2n) is 8.47. The molecule has 188 valence electrons. The van der Waals surface area contributed by atoms with E-state index in [4.69, 9.17) is 4.74 Å². The summed E-state index contributed by atoms with van der Waals surface area (Å²) in [6, 6.07) is 7.26. The number of piperazine rings is 1. The summed E-state index contributed by atoms with van der Waals surface area (Å²) in [5, 5.41) is 5.43. The first-order chi connectivity index (χ1) is 15.8. The van der Waals surface area contributed by atoms with Crippen LogP contribution in [0.1, 0.15) is 20.8 Å². The van der Waals surface area contributed by atoms with E-state index >= 15 is 4.39 Å². The number of alkyl halides is 4. The van der Waals surface area contributed by atoms with Crippen LogP contribution in [0.15, 0.2) is 24.3 Å². The average Bonchev–Trinajstić information content (AvgIpc) is 3.10. The number of rotatable bonds is 6. The van der Waals surface area contributed by atoms with Crippen LogP contribution in [0.3, 0.4) is 0 Å². The maximum Gasteiger partial charge on any atom is 0.414 e. The van der Waals surface area contributed by atoms with Crippen LogP contribution < -0.4 is 20.4 Å². The molecule has 3 rings (SSSR count). The van der Waals surface area contributed by atoms with Crippen LogP contribution in [-0.4, -0.2) is 75.7 Å². The molecule has 2 N–H and O–H groups in total. The number of ether oxygens (including phenoxy) is 1. The van der Waals surface area contributed by atoms with Crippen molar-refractivity contribution in [3.8, 4) is 0 Å². The van der Waals surface area contributed by atoms with Crippen LogP contribution in [0, 0.1) is 0 Å². The highest BCUT2D eigenvalue weighted by molar-refractivity contribution is 9.39. The van der Waals surface area contributed by atoms with E-state index < -0.39 is 26.3 Å². The molecule has 3 amide bonds. The molecule has 2 unspecified atom stereocenters. The van der Waals surface area contributed by atoms with Crippen molar-refractivity contribution in [1.29, 1.82) is 0 Å². The number of nitrogens with one attached hydrogen (secondary N) is 2. The Kier molecular flexibility index (Phi) is 8.52. The highest BCUT2D eigenvalue weighted by Gasteiger charge is 2.48. The lowest BCUT2D eigenvalue weighted by Crippen LogP contribution is -2.67. The van der Waals surface area contributed by atoms with Gasteiger partial charge in [0.05, 0.1) is 19.6 Å². The molecule has 2 heterocycles. The number of carbonyl (C=O) groups is 3. The van der Waals surface area contributed by atoms with Crippen molar-refractivity contribution in [1.82, 2.24) is 15.5 Å². The van der Waals surface area contributed by atoms with Crippen molar-refractivity contribution in [3.05, 3.63) is 24.3 Å². The molecule has 0 aromatic heterocycles. The highest BCUT2D eigenvalue weighted by Crippen LogP contribution is 2.42. The summed E-state index contributed by atoms with van der Waals surface area (Å²) in [7, 11) is 0. The van der Waals surface area contributed by atoms with Gasteiger partial charge in [-0.2, -0.15) is 0 Å². The maximum atomic E-state index is 15.8. The maximum absolute atomic E-state index is 15.8. The van der Waals surface area contributed by atoms with Crippen LogP contribution >= 0.6 is 47.8 Å². The zero-order valence-electron chi connectivity index (χ0n) is 19.0. The largest absolute Gasteiger partial charge is 0.442 e. The number of carbonyl (C=O) groups excluding carboxylic acids is 3. The van der Waals surface area contributed by atoms with Crippen molar-refractivity contribution in [2.24, 2.45) is 0 Å². The number of amides is 3. The van der Waals surface area contributed by atoms with Crippen LogP contribution in [0.4, 0.5) is 20.6 Å². The summed E-state index contributed by atoms with van der Waals surface area (Å²) in [6.45, 7) is 5.83.